The van der Waals surface area contributed by atoms with E-state index in [0.29, 0.717) is 28.5 Å². The molecule has 1 heterocycles. The Kier molecular flexibility index (Phi) is 7.72. The van der Waals surface area contributed by atoms with Crippen molar-refractivity contribution in [1.29, 1.82) is 0 Å². The minimum Gasteiger partial charge on any atom is -0.478 e. The Labute approximate surface area is 194 Å². The number of hydrogen-bond acceptors (Lipinski definition) is 6. The Balaban J connectivity index is 1.98. The van der Waals surface area contributed by atoms with Gasteiger partial charge in [-0.2, -0.15) is 4.98 Å². The summed E-state index contributed by atoms with van der Waals surface area (Å²) in [5.74, 6) is -0.560. The predicted molar refractivity (Wildman–Crippen MR) is 129 cm³/mol. The predicted octanol–water partition coefficient (Wildman–Crippen LogP) is 4.69. The zero-order chi connectivity index (χ0) is 23.8. The van der Waals surface area contributed by atoms with Gasteiger partial charge in [0.2, 0.25) is 5.95 Å². The molecule has 0 unspecified atom stereocenters. The van der Waals surface area contributed by atoms with Gasteiger partial charge in [0.1, 0.15) is 17.5 Å². The molecule has 2 aromatic carbocycles. The van der Waals surface area contributed by atoms with Crippen molar-refractivity contribution in [1.82, 2.24) is 9.97 Å². The van der Waals surface area contributed by atoms with Crippen molar-refractivity contribution in [2.24, 2.45) is 10.7 Å². The Hall–Kier alpha value is -4.24. The number of aromatic nitrogens is 2. The number of benzene rings is 2. The van der Waals surface area contributed by atoms with E-state index in [1.807, 2.05) is 12.1 Å². The number of amidine groups is 1. The molecule has 0 saturated carbocycles. The number of carboxylic acid groups (broad SMARTS) is 1. The molecule has 0 aliphatic rings. The maximum Gasteiger partial charge on any atom is 0.328 e. The first-order chi connectivity index (χ1) is 15.9. The Morgan fingerprint density at radius 2 is 2.06 bits per heavy atom. The summed E-state index contributed by atoms with van der Waals surface area (Å²) in [7, 11) is 1.57. The van der Waals surface area contributed by atoms with Crippen molar-refractivity contribution in [3.05, 3.63) is 83.4 Å². The van der Waals surface area contributed by atoms with E-state index in [4.69, 9.17) is 22.4 Å². The van der Waals surface area contributed by atoms with Gasteiger partial charge in [-0.1, -0.05) is 29.8 Å². The largest absolute Gasteiger partial charge is 0.478 e. The van der Waals surface area contributed by atoms with Gasteiger partial charge in [0, 0.05) is 36.8 Å². The van der Waals surface area contributed by atoms with Crippen LogP contribution in [0.5, 0.6) is 0 Å². The molecule has 0 fully saturated rings. The summed E-state index contributed by atoms with van der Waals surface area (Å²) in [6.07, 6.45) is 7.32. The Morgan fingerprint density at radius 1 is 1.24 bits per heavy atom. The molecule has 8 nitrogen and oxygen atoms in total. The number of aliphatic imine (C=N–C) groups is 1. The summed E-state index contributed by atoms with van der Waals surface area (Å²) in [5, 5.41) is 14.9. The highest BCUT2D eigenvalue weighted by atomic mass is 35.5. The summed E-state index contributed by atoms with van der Waals surface area (Å²) in [4.78, 5) is 23.5. The van der Waals surface area contributed by atoms with Gasteiger partial charge in [0.15, 0.2) is 0 Å². The molecule has 168 valence electrons. The quantitative estimate of drug-likeness (QED) is 0.215. The highest BCUT2D eigenvalue weighted by Crippen LogP contribution is 2.29. The number of carbonyl (C=O) groups is 1. The van der Waals surface area contributed by atoms with E-state index < -0.39 is 11.8 Å². The number of halogens is 2. The molecule has 0 atom stereocenters. The Bertz CT molecular complexity index is 1260. The lowest BCUT2D eigenvalue weighted by Crippen LogP contribution is -2.08. The number of hydrogen-bond donors (Lipinski definition) is 4. The van der Waals surface area contributed by atoms with Gasteiger partial charge in [-0.25, -0.2) is 14.2 Å². The van der Waals surface area contributed by atoms with Gasteiger partial charge in [0.25, 0.3) is 0 Å². The van der Waals surface area contributed by atoms with Gasteiger partial charge in [-0.3, -0.25) is 4.99 Å². The fourth-order valence-electron chi connectivity index (χ4n) is 2.72. The van der Waals surface area contributed by atoms with Gasteiger partial charge in [-0.05, 0) is 47.5 Å². The zero-order valence-corrected chi connectivity index (χ0v) is 18.2. The van der Waals surface area contributed by atoms with E-state index in [1.165, 1.54) is 24.3 Å². The van der Waals surface area contributed by atoms with Crippen LogP contribution < -0.4 is 16.4 Å². The van der Waals surface area contributed by atoms with E-state index in [0.717, 1.165) is 11.6 Å². The minimum atomic E-state index is -1.04. The number of anilines is 3. The molecule has 3 aromatic rings. The lowest BCUT2D eigenvalue weighted by atomic mass is 10.0. The van der Waals surface area contributed by atoms with Gasteiger partial charge in [-0.15, -0.1) is 0 Å². The molecule has 0 spiro atoms. The third-order valence-corrected chi connectivity index (χ3v) is 4.60. The summed E-state index contributed by atoms with van der Waals surface area (Å²) < 4.78 is 13.4. The van der Waals surface area contributed by atoms with Crippen molar-refractivity contribution in [3.63, 3.8) is 0 Å². The molecule has 3 rings (SSSR count). The molecule has 0 bridgehead atoms. The van der Waals surface area contributed by atoms with Crippen molar-refractivity contribution in [2.75, 3.05) is 17.7 Å². The minimum absolute atomic E-state index is 0.0292. The average molecular weight is 467 g/mol. The second-order valence-electron chi connectivity index (χ2n) is 6.63. The van der Waals surface area contributed by atoms with Crippen LogP contribution in [0.1, 0.15) is 5.56 Å². The fraction of sp³-hybridized carbons (Fsp3) is 0.0435. The third-order valence-electron chi connectivity index (χ3n) is 4.31. The maximum absolute atomic E-state index is 13.4. The summed E-state index contributed by atoms with van der Waals surface area (Å²) in [5.41, 5.74) is 8.32. The van der Waals surface area contributed by atoms with Crippen molar-refractivity contribution < 1.29 is 14.3 Å². The van der Waals surface area contributed by atoms with Crippen LogP contribution in [0.4, 0.5) is 21.8 Å². The van der Waals surface area contributed by atoms with Crippen LogP contribution in [0.25, 0.3) is 17.2 Å². The number of carboxylic acids is 1. The normalized spacial score (nSPS) is 11.8. The Morgan fingerprint density at radius 3 is 2.79 bits per heavy atom. The SMILES string of the molecule is CN=C(N)/C=C\Nc1nc(Nc2ccc(F)c(Cl)c2)ncc1-c1cccc(/C=C/C(=O)O)c1. The first-order valence-corrected chi connectivity index (χ1v) is 9.99. The second-order valence-corrected chi connectivity index (χ2v) is 7.04. The average Bonchev–Trinajstić information content (AvgIpc) is 2.80. The van der Waals surface area contributed by atoms with E-state index in [1.54, 1.807) is 37.7 Å². The van der Waals surface area contributed by atoms with Crippen LogP contribution >= 0.6 is 11.6 Å². The molecule has 0 saturated heterocycles. The number of rotatable bonds is 8. The van der Waals surface area contributed by atoms with E-state index in [9.17, 15) is 9.18 Å². The van der Waals surface area contributed by atoms with E-state index in [2.05, 4.69) is 25.6 Å². The standard InChI is InChI=1S/C23H20ClFN6O2/c1-27-20(26)9-10-28-22-17(15-4-2-3-14(11-15)5-8-21(32)33)13-29-23(31-22)30-16-6-7-19(25)18(24)12-16/h2-13H,1H3,(H2,26,27)(H,32,33)(H2,28,29,30,31)/b8-5+,10-9-. The van der Waals surface area contributed by atoms with Crippen LogP contribution in [0.2, 0.25) is 5.02 Å². The van der Waals surface area contributed by atoms with Crippen LogP contribution in [0.15, 0.2) is 72.0 Å². The third kappa shape index (κ3) is 6.62. The summed E-state index contributed by atoms with van der Waals surface area (Å²) >= 11 is 5.85. The number of aliphatic carboxylic acids is 1. The van der Waals surface area contributed by atoms with Crippen LogP contribution in [-0.4, -0.2) is 33.9 Å². The molecule has 0 aliphatic heterocycles. The molecule has 1 aromatic heterocycles. The molecule has 0 amide bonds. The fourth-order valence-corrected chi connectivity index (χ4v) is 2.90. The van der Waals surface area contributed by atoms with E-state index >= 15 is 0 Å². The zero-order valence-electron chi connectivity index (χ0n) is 17.5. The lowest BCUT2D eigenvalue weighted by molar-refractivity contribution is -0.131. The monoisotopic (exact) mass is 466 g/mol. The van der Waals surface area contributed by atoms with E-state index in [-0.39, 0.29) is 11.0 Å². The van der Waals surface area contributed by atoms with Crippen molar-refractivity contribution >= 4 is 46.9 Å². The van der Waals surface area contributed by atoms with Crippen LogP contribution in [0.3, 0.4) is 0 Å². The van der Waals surface area contributed by atoms with Crippen molar-refractivity contribution in [2.45, 2.75) is 0 Å². The number of nitrogens with one attached hydrogen (secondary N) is 2. The molecule has 0 aliphatic carbocycles. The highest BCUT2D eigenvalue weighted by molar-refractivity contribution is 6.31. The first kappa shape index (κ1) is 23.4. The van der Waals surface area contributed by atoms with Gasteiger partial charge in [0.05, 0.1) is 5.02 Å². The molecule has 33 heavy (non-hydrogen) atoms. The number of nitrogens with zero attached hydrogens (tertiary/aromatic N) is 3. The molecule has 5 N–H and O–H groups in total. The summed E-state index contributed by atoms with van der Waals surface area (Å²) in [6, 6.07) is 11.4. The molecular formula is C23H20ClFN6O2. The molecular weight excluding hydrogens is 447 g/mol. The lowest BCUT2D eigenvalue weighted by Gasteiger charge is -2.12. The van der Waals surface area contributed by atoms with Gasteiger partial charge < -0.3 is 21.5 Å². The number of nitrogens with two attached hydrogens (primary N) is 1. The summed E-state index contributed by atoms with van der Waals surface area (Å²) in [6.45, 7) is 0. The highest BCUT2D eigenvalue weighted by Gasteiger charge is 2.10. The smallest absolute Gasteiger partial charge is 0.328 e. The topological polar surface area (TPSA) is 126 Å². The molecule has 10 heteroatoms. The van der Waals surface area contributed by atoms with Crippen molar-refractivity contribution in [3.8, 4) is 11.1 Å². The van der Waals surface area contributed by atoms with Crippen LogP contribution in [0, 0.1) is 5.82 Å². The first-order valence-electron chi connectivity index (χ1n) is 9.61. The van der Waals surface area contributed by atoms with Gasteiger partial charge >= 0.3 is 5.97 Å². The molecule has 0 radical (unpaired) electrons. The van der Waals surface area contributed by atoms with Crippen LogP contribution in [-0.2, 0) is 4.79 Å². The maximum atomic E-state index is 13.4. The second kappa shape index (κ2) is 10.9.